The van der Waals surface area contributed by atoms with E-state index in [4.69, 9.17) is 0 Å². The molecule has 0 radical (unpaired) electrons. The van der Waals surface area contributed by atoms with Crippen LogP contribution in [0.1, 0.15) is 5.56 Å². The fourth-order valence-electron chi connectivity index (χ4n) is 2.59. The third-order valence-corrected chi connectivity index (χ3v) is 5.33. The summed E-state index contributed by atoms with van der Waals surface area (Å²) in [6.07, 6.45) is 0.0617. The van der Waals surface area contributed by atoms with Crippen LogP contribution in [0.15, 0.2) is 56.9 Å². The summed E-state index contributed by atoms with van der Waals surface area (Å²) in [5, 5.41) is 11.1. The van der Waals surface area contributed by atoms with E-state index in [1.807, 2.05) is 0 Å². The van der Waals surface area contributed by atoms with Gasteiger partial charge in [-0.05, 0) is 24.1 Å². The normalized spacial score (nSPS) is 11.6. The fraction of sp³-hybridized carbons (Fsp3) is 0.125. The number of sulfonamides is 1. The maximum absolute atomic E-state index is 12.2. The molecule has 1 heterocycles. The van der Waals surface area contributed by atoms with Crippen molar-refractivity contribution >= 4 is 26.7 Å². The topological polar surface area (TPSA) is 155 Å². The Kier molecular flexibility index (Phi) is 4.88. The molecule has 0 saturated carbocycles. The summed E-state index contributed by atoms with van der Waals surface area (Å²) in [6, 6.07) is 10.1. The highest BCUT2D eigenvalue weighted by molar-refractivity contribution is 7.89. The van der Waals surface area contributed by atoms with Crippen LogP contribution in [0.3, 0.4) is 0 Å². The number of nitro benzene ring substituents is 1. The average Bonchev–Trinajstić information content (AvgIpc) is 2.63. The number of aromatic nitrogens is 2. The highest BCUT2D eigenvalue weighted by atomic mass is 32.2. The molecule has 0 saturated heterocycles. The van der Waals surface area contributed by atoms with Crippen LogP contribution in [0.5, 0.6) is 0 Å². The average molecular weight is 390 g/mol. The van der Waals surface area contributed by atoms with Gasteiger partial charge in [0.2, 0.25) is 10.0 Å². The molecule has 10 nitrogen and oxygen atoms in total. The Morgan fingerprint density at radius 1 is 1.04 bits per heavy atom. The molecule has 0 amide bonds. The summed E-state index contributed by atoms with van der Waals surface area (Å²) in [5.74, 6) is 0. The van der Waals surface area contributed by atoms with E-state index < -0.39 is 26.1 Å². The van der Waals surface area contributed by atoms with Gasteiger partial charge in [0.15, 0.2) is 0 Å². The van der Waals surface area contributed by atoms with Crippen molar-refractivity contribution in [3.63, 3.8) is 0 Å². The van der Waals surface area contributed by atoms with Crippen molar-refractivity contribution in [3.8, 4) is 0 Å². The smallest absolute Gasteiger partial charge is 0.314 e. The first-order valence-corrected chi connectivity index (χ1v) is 9.24. The second-order valence-corrected chi connectivity index (χ2v) is 7.42. The van der Waals surface area contributed by atoms with Gasteiger partial charge in [-0.2, -0.15) is 0 Å². The lowest BCUT2D eigenvalue weighted by Crippen LogP contribution is -2.30. The molecule has 3 aromatic rings. The Labute approximate surface area is 152 Å². The van der Waals surface area contributed by atoms with Crippen molar-refractivity contribution in [2.75, 3.05) is 6.54 Å². The van der Waals surface area contributed by atoms with Gasteiger partial charge in [0, 0.05) is 18.7 Å². The number of hydrogen-bond acceptors (Lipinski definition) is 6. The van der Waals surface area contributed by atoms with E-state index in [1.165, 1.54) is 18.2 Å². The Morgan fingerprint density at radius 3 is 2.37 bits per heavy atom. The molecule has 3 rings (SSSR count). The number of nitrogens with zero attached hydrogens (tertiary/aromatic N) is 1. The lowest BCUT2D eigenvalue weighted by molar-refractivity contribution is -0.384. The zero-order valence-corrected chi connectivity index (χ0v) is 14.6. The summed E-state index contributed by atoms with van der Waals surface area (Å²) in [6.45, 7) is -0.0609. The molecular weight excluding hydrogens is 376 g/mol. The molecule has 0 aliphatic heterocycles. The van der Waals surface area contributed by atoms with E-state index in [0.29, 0.717) is 5.56 Å². The number of H-pyrrole nitrogens is 2. The van der Waals surface area contributed by atoms with Gasteiger partial charge in [-0.25, -0.2) is 13.1 Å². The second kappa shape index (κ2) is 7.13. The van der Waals surface area contributed by atoms with Crippen LogP contribution in [0.2, 0.25) is 0 Å². The Bertz CT molecular complexity index is 1230. The quantitative estimate of drug-likeness (QED) is 0.319. The molecule has 0 aliphatic carbocycles. The van der Waals surface area contributed by atoms with Crippen molar-refractivity contribution in [1.82, 2.24) is 14.7 Å². The minimum atomic E-state index is -3.74. The minimum absolute atomic E-state index is 0.0609. The largest absolute Gasteiger partial charge is 0.316 e. The molecule has 11 heteroatoms. The van der Waals surface area contributed by atoms with E-state index >= 15 is 0 Å². The zero-order chi connectivity index (χ0) is 19.6. The third kappa shape index (κ3) is 3.93. The monoisotopic (exact) mass is 390 g/mol. The third-order valence-electron chi connectivity index (χ3n) is 3.85. The van der Waals surface area contributed by atoms with Crippen molar-refractivity contribution in [2.24, 2.45) is 0 Å². The Balaban J connectivity index is 1.92. The van der Waals surface area contributed by atoms with Crippen molar-refractivity contribution < 1.29 is 13.3 Å². The molecule has 140 valence electrons. The van der Waals surface area contributed by atoms with E-state index in [0.717, 1.165) is 6.07 Å². The van der Waals surface area contributed by atoms with Gasteiger partial charge in [-0.1, -0.05) is 18.2 Å². The van der Waals surface area contributed by atoms with E-state index in [9.17, 15) is 28.1 Å². The summed E-state index contributed by atoms with van der Waals surface area (Å²) in [7, 11) is -3.74. The molecule has 1 aromatic heterocycles. The first kappa shape index (κ1) is 18.5. The number of benzene rings is 2. The first-order valence-electron chi connectivity index (χ1n) is 7.76. The van der Waals surface area contributed by atoms with Crippen LogP contribution in [0.4, 0.5) is 5.69 Å². The van der Waals surface area contributed by atoms with Gasteiger partial charge in [-0.15, -0.1) is 0 Å². The van der Waals surface area contributed by atoms with E-state index in [1.54, 1.807) is 18.2 Å². The molecule has 0 bridgehead atoms. The maximum Gasteiger partial charge on any atom is 0.314 e. The van der Waals surface area contributed by atoms with Gasteiger partial charge in [0.25, 0.3) is 5.69 Å². The van der Waals surface area contributed by atoms with Gasteiger partial charge >= 0.3 is 11.1 Å². The Hall–Kier alpha value is -3.31. The highest BCUT2D eigenvalue weighted by Crippen LogP contribution is 2.22. The van der Waals surface area contributed by atoms with Crippen molar-refractivity contribution in [3.05, 3.63) is 78.8 Å². The molecular formula is C16H14N4O6S. The SMILES string of the molecule is O=c1[nH]c2cc([N+](=O)[O-])cc(CCNS(=O)(=O)c3ccccc3)c2[nH]c1=O. The van der Waals surface area contributed by atoms with Crippen LogP contribution >= 0.6 is 0 Å². The number of nitrogens with one attached hydrogen (secondary N) is 3. The van der Waals surface area contributed by atoms with Crippen molar-refractivity contribution in [1.29, 1.82) is 0 Å². The van der Waals surface area contributed by atoms with Crippen LogP contribution in [0.25, 0.3) is 11.0 Å². The summed E-state index contributed by atoms with van der Waals surface area (Å²) in [4.78, 5) is 38.2. The lowest BCUT2D eigenvalue weighted by atomic mass is 10.1. The Morgan fingerprint density at radius 2 is 1.70 bits per heavy atom. The predicted molar refractivity (Wildman–Crippen MR) is 97.2 cm³/mol. The molecule has 2 aromatic carbocycles. The lowest BCUT2D eigenvalue weighted by Gasteiger charge is -2.09. The second-order valence-electron chi connectivity index (χ2n) is 5.65. The van der Waals surface area contributed by atoms with Crippen molar-refractivity contribution in [2.45, 2.75) is 11.3 Å². The van der Waals surface area contributed by atoms with E-state index in [2.05, 4.69) is 14.7 Å². The number of aromatic amines is 2. The summed E-state index contributed by atoms with van der Waals surface area (Å²) < 4.78 is 26.9. The highest BCUT2D eigenvalue weighted by Gasteiger charge is 2.16. The van der Waals surface area contributed by atoms with Crippen LogP contribution < -0.4 is 15.8 Å². The number of nitro groups is 1. The summed E-state index contributed by atoms with van der Waals surface area (Å²) >= 11 is 0. The molecule has 3 N–H and O–H groups in total. The number of hydrogen-bond donors (Lipinski definition) is 3. The van der Waals surface area contributed by atoms with Crippen LogP contribution in [-0.2, 0) is 16.4 Å². The molecule has 0 spiro atoms. The van der Waals surface area contributed by atoms with Crippen LogP contribution in [-0.4, -0.2) is 29.9 Å². The molecule has 0 atom stereocenters. The number of fused-ring (bicyclic) bond motifs is 1. The zero-order valence-electron chi connectivity index (χ0n) is 13.8. The van der Waals surface area contributed by atoms with Gasteiger partial charge in [-0.3, -0.25) is 19.7 Å². The minimum Gasteiger partial charge on any atom is -0.316 e. The predicted octanol–water partition coefficient (Wildman–Crippen LogP) is 0.646. The number of non-ortho nitro benzene ring substituents is 1. The maximum atomic E-state index is 12.2. The number of rotatable bonds is 6. The molecule has 0 fully saturated rings. The first-order chi connectivity index (χ1) is 12.8. The van der Waals surface area contributed by atoms with Gasteiger partial charge in [0.1, 0.15) is 0 Å². The van der Waals surface area contributed by atoms with Crippen LogP contribution in [0, 0.1) is 10.1 Å². The molecule has 0 aliphatic rings. The fourth-order valence-corrected chi connectivity index (χ4v) is 3.64. The van der Waals surface area contributed by atoms with Gasteiger partial charge in [0.05, 0.1) is 20.9 Å². The van der Waals surface area contributed by atoms with E-state index in [-0.39, 0.29) is 34.6 Å². The summed E-state index contributed by atoms with van der Waals surface area (Å²) in [5.41, 5.74) is -1.49. The van der Waals surface area contributed by atoms with Gasteiger partial charge < -0.3 is 9.97 Å². The molecule has 27 heavy (non-hydrogen) atoms. The standard InChI is InChI=1S/C16H14N4O6S/c21-15-16(22)19-14-10(8-11(20(23)24)9-13(14)18-15)6-7-17-27(25,26)12-4-2-1-3-5-12/h1-5,8-9,17H,6-7H2,(H,18,21)(H,19,22). The molecule has 0 unspecified atom stereocenters.